The molecule has 1 heterocycles. The lowest BCUT2D eigenvalue weighted by Gasteiger charge is -2.07. The summed E-state index contributed by atoms with van der Waals surface area (Å²) in [6.07, 6.45) is 1.46. The molecule has 0 atom stereocenters. The summed E-state index contributed by atoms with van der Waals surface area (Å²) in [4.78, 5) is 25.5. The second-order valence-corrected chi connectivity index (χ2v) is 4.27. The molecule has 0 fully saturated rings. The van der Waals surface area contributed by atoms with Crippen LogP contribution in [0.25, 0.3) is 0 Å². The normalized spacial score (nSPS) is 10.1. The Labute approximate surface area is 105 Å². The Morgan fingerprint density at radius 3 is 2.39 bits per heavy atom. The average Bonchev–Trinajstić information content (AvgIpc) is 2.27. The maximum atomic E-state index is 11.9. The van der Waals surface area contributed by atoms with Crippen LogP contribution in [-0.4, -0.2) is 10.9 Å². The molecule has 0 aliphatic rings. The zero-order valence-electron chi connectivity index (χ0n) is 10.3. The number of hydrogen-bond acceptors (Lipinski definition) is 2. The molecule has 4 nitrogen and oxygen atoms in total. The molecule has 0 aliphatic heterocycles. The summed E-state index contributed by atoms with van der Waals surface area (Å²) < 4.78 is 0. The summed E-state index contributed by atoms with van der Waals surface area (Å²) in [5.41, 5.74) is 2.95. The van der Waals surface area contributed by atoms with Crippen LogP contribution < -0.4 is 10.9 Å². The molecule has 0 saturated heterocycles. The standard InChI is InChI=1S/C14H14N2O2/c1-9-5-10(2)7-12(6-9)16-14(18)11-3-4-15-13(17)8-11/h3-8H,1-2H3,(H,15,17)(H,16,18). The molecule has 0 saturated carbocycles. The van der Waals surface area contributed by atoms with Crippen LogP contribution >= 0.6 is 0 Å². The molecule has 0 spiro atoms. The molecule has 18 heavy (non-hydrogen) atoms. The molecule has 0 bridgehead atoms. The zero-order valence-corrected chi connectivity index (χ0v) is 10.3. The third-order valence-corrected chi connectivity index (χ3v) is 2.52. The SMILES string of the molecule is Cc1cc(C)cc(NC(=O)c2cc[nH]c(=O)c2)c1. The van der Waals surface area contributed by atoms with E-state index in [1.54, 1.807) is 6.07 Å². The van der Waals surface area contributed by atoms with Gasteiger partial charge in [-0.15, -0.1) is 0 Å². The molecule has 2 rings (SSSR count). The topological polar surface area (TPSA) is 62.0 Å². The van der Waals surface area contributed by atoms with Gasteiger partial charge < -0.3 is 10.3 Å². The number of hydrogen-bond donors (Lipinski definition) is 2. The van der Waals surface area contributed by atoms with E-state index in [0.717, 1.165) is 16.8 Å². The quantitative estimate of drug-likeness (QED) is 0.848. The van der Waals surface area contributed by atoms with Crippen LogP contribution in [0.4, 0.5) is 5.69 Å². The molecule has 1 amide bonds. The molecule has 1 aromatic carbocycles. The maximum absolute atomic E-state index is 11.9. The fourth-order valence-corrected chi connectivity index (χ4v) is 1.84. The van der Waals surface area contributed by atoms with E-state index < -0.39 is 0 Å². The van der Waals surface area contributed by atoms with Gasteiger partial charge in [-0.05, 0) is 43.2 Å². The highest BCUT2D eigenvalue weighted by Crippen LogP contribution is 2.14. The number of H-pyrrole nitrogens is 1. The van der Waals surface area contributed by atoms with Gasteiger partial charge in [-0.25, -0.2) is 0 Å². The highest BCUT2D eigenvalue weighted by molar-refractivity contribution is 6.04. The van der Waals surface area contributed by atoms with Crippen LogP contribution in [0.3, 0.4) is 0 Å². The molecular formula is C14H14N2O2. The fourth-order valence-electron chi connectivity index (χ4n) is 1.84. The molecule has 1 aromatic heterocycles. The minimum absolute atomic E-state index is 0.286. The van der Waals surface area contributed by atoms with Crippen molar-refractivity contribution in [3.63, 3.8) is 0 Å². The van der Waals surface area contributed by atoms with Gasteiger partial charge in [-0.1, -0.05) is 6.07 Å². The number of pyridine rings is 1. The van der Waals surface area contributed by atoms with Crippen molar-refractivity contribution in [3.8, 4) is 0 Å². The summed E-state index contributed by atoms with van der Waals surface area (Å²) in [6, 6.07) is 8.65. The first kappa shape index (κ1) is 12.1. The Morgan fingerprint density at radius 2 is 1.78 bits per heavy atom. The second-order valence-electron chi connectivity index (χ2n) is 4.27. The van der Waals surface area contributed by atoms with Crippen molar-refractivity contribution in [2.75, 3.05) is 5.32 Å². The van der Waals surface area contributed by atoms with Crippen LogP contribution in [0.5, 0.6) is 0 Å². The molecule has 2 aromatic rings. The van der Waals surface area contributed by atoms with E-state index in [1.807, 2.05) is 32.0 Å². The Kier molecular flexibility index (Phi) is 3.28. The van der Waals surface area contributed by atoms with E-state index in [0.29, 0.717) is 5.56 Å². The summed E-state index contributed by atoms with van der Waals surface area (Å²) >= 11 is 0. The van der Waals surface area contributed by atoms with Crippen LogP contribution in [-0.2, 0) is 0 Å². The van der Waals surface area contributed by atoms with Gasteiger partial charge in [0.25, 0.3) is 5.91 Å². The number of nitrogens with one attached hydrogen (secondary N) is 2. The lowest BCUT2D eigenvalue weighted by atomic mass is 10.1. The van der Waals surface area contributed by atoms with Crippen LogP contribution in [0.2, 0.25) is 0 Å². The van der Waals surface area contributed by atoms with E-state index in [1.165, 1.54) is 12.3 Å². The van der Waals surface area contributed by atoms with Gasteiger partial charge in [-0.3, -0.25) is 9.59 Å². The molecule has 0 unspecified atom stereocenters. The number of aromatic nitrogens is 1. The minimum atomic E-state index is -0.289. The maximum Gasteiger partial charge on any atom is 0.255 e. The number of carbonyl (C=O) groups is 1. The van der Waals surface area contributed by atoms with Crippen molar-refractivity contribution in [2.24, 2.45) is 0 Å². The fraction of sp³-hybridized carbons (Fsp3) is 0.143. The molecule has 0 aliphatic carbocycles. The van der Waals surface area contributed by atoms with Crippen molar-refractivity contribution < 1.29 is 4.79 Å². The first-order valence-electron chi connectivity index (χ1n) is 5.63. The summed E-state index contributed by atoms with van der Waals surface area (Å²) in [5, 5.41) is 2.78. The monoisotopic (exact) mass is 242 g/mol. The third-order valence-electron chi connectivity index (χ3n) is 2.52. The van der Waals surface area contributed by atoms with Gasteiger partial charge in [0.05, 0.1) is 0 Å². The Morgan fingerprint density at radius 1 is 1.11 bits per heavy atom. The number of aryl methyl sites for hydroxylation is 2. The van der Waals surface area contributed by atoms with E-state index in [4.69, 9.17) is 0 Å². The Balaban J connectivity index is 2.24. The van der Waals surface area contributed by atoms with Gasteiger partial charge in [0.2, 0.25) is 5.56 Å². The van der Waals surface area contributed by atoms with Crippen LogP contribution in [0, 0.1) is 13.8 Å². The summed E-state index contributed by atoms with van der Waals surface area (Å²) in [5.74, 6) is -0.286. The predicted molar refractivity (Wildman–Crippen MR) is 70.9 cm³/mol. The van der Waals surface area contributed by atoms with Crippen molar-refractivity contribution in [3.05, 3.63) is 63.6 Å². The second kappa shape index (κ2) is 4.87. The number of benzene rings is 1. The summed E-state index contributed by atoms with van der Waals surface area (Å²) in [6.45, 7) is 3.94. The van der Waals surface area contributed by atoms with E-state index >= 15 is 0 Å². The van der Waals surface area contributed by atoms with Gasteiger partial charge in [-0.2, -0.15) is 0 Å². The first-order valence-corrected chi connectivity index (χ1v) is 5.63. The zero-order chi connectivity index (χ0) is 13.1. The van der Waals surface area contributed by atoms with Crippen LogP contribution in [0.15, 0.2) is 41.3 Å². The van der Waals surface area contributed by atoms with E-state index in [2.05, 4.69) is 10.3 Å². The lowest BCUT2D eigenvalue weighted by molar-refractivity contribution is 0.102. The smallest absolute Gasteiger partial charge is 0.255 e. The number of amides is 1. The number of anilines is 1. The predicted octanol–water partition coefficient (Wildman–Crippen LogP) is 2.24. The molecular weight excluding hydrogens is 228 g/mol. The molecule has 92 valence electrons. The molecule has 4 heteroatoms. The van der Waals surface area contributed by atoms with Gasteiger partial charge in [0.1, 0.15) is 0 Å². The van der Waals surface area contributed by atoms with Crippen molar-refractivity contribution >= 4 is 11.6 Å². The van der Waals surface area contributed by atoms with Crippen LogP contribution in [0.1, 0.15) is 21.5 Å². The highest BCUT2D eigenvalue weighted by Gasteiger charge is 2.06. The largest absolute Gasteiger partial charge is 0.329 e. The summed E-state index contributed by atoms with van der Waals surface area (Å²) in [7, 11) is 0. The Bertz CT molecular complexity index is 624. The van der Waals surface area contributed by atoms with Crippen molar-refractivity contribution in [1.82, 2.24) is 4.98 Å². The van der Waals surface area contributed by atoms with Crippen molar-refractivity contribution in [1.29, 1.82) is 0 Å². The molecule has 2 N–H and O–H groups in total. The van der Waals surface area contributed by atoms with E-state index in [-0.39, 0.29) is 11.5 Å². The first-order chi connectivity index (χ1) is 8.54. The number of rotatable bonds is 2. The van der Waals surface area contributed by atoms with Gasteiger partial charge in [0, 0.05) is 23.5 Å². The average molecular weight is 242 g/mol. The van der Waals surface area contributed by atoms with Crippen molar-refractivity contribution in [2.45, 2.75) is 13.8 Å². The third kappa shape index (κ3) is 2.85. The number of carbonyl (C=O) groups excluding carboxylic acids is 1. The van der Waals surface area contributed by atoms with Gasteiger partial charge >= 0.3 is 0 Å². The lowest BCUT2D eigenvalue weighted by Crippen LogP contribution is -2.15. The van der Waals surface area contributed by atoms with Gasteiger partial charge in [0.15, 0.2) is 0 Å². The number of aromatic amines is 1. The Hall–Kier alpha value is -2.36. The highest BCUT2D eigenvalue weighted by atomic mass is 16.2. The minimum Gasteiger partial charge on any atom is -0.329 e. The molecule has 0 radical (unpaired) electrons. The van der Waals surface area contributed by atoms with E-state index in [9.17, 15) is 9.59 Å².